The zero-order chi connectivity index (χ0) is 12.3. The number of hydrogen-bond donors (Lipinski definition) is 2. The second kappa shape index (κ2) is 5.44. The Balaban J connectivity index is 2.26. The maximum absolute atomic E-state index is 13.9. The number of nitrogens with two attached hydrogens (primary N) is 1. The quantitative estimate of drug-likeness (QED) is 0.674. The van der Waals surface area contributed by atoms with E-state index in [2.05, 4.69) is 21.4 Å². The summed E-state index contributed by atoms with van der Waals surface area (Å²) < 4.78 is 19.5. The van der Waals surface area contributed by atoms with Gasteiger partial charge in [-0.15, -0.1) is 0 Å². The zero-order valence-electron chi connectivity index (χ0n) is 8.99. The first-order chi connectivity index (χ1) is 8.22. The summed E-state index contributed by atoms with van der Waals surface area (Å²) in [6.45, 7) is 0. The van der Waals surface area contributed by atoms with Crippen molar-refractivity contribution >= 4 is 15.9 Å². The van der Waals surface area contributed by atoms with Crippen LogP contribution in [0.2, 0.25) is 0 Å². The van der Waals surface area contributed by atoms with E-state index < -0.39 is 0 Å². The van der Waals surface area contributed by atoms with Gasteiger partial charge in [0.1, 0.15) is 11.6 Å². The molecule has 1 atom stereocenters. The lowest BCUT2D eigenvalue weighted by Gasteiger charge is -2.16. The molecule has 0 aliphatic rings. The molecule has 0 radical (unpaired) electrons. The highest BCUT2D eigenvalue weighted by Gasteiger charge is 2.17. The molecule has 0 bridgehead atoms. The van der Waals surface area contributed by atoms with Gasteiger partial charge in [-0.2, -0.15) is 0 Å². The monoisotopic (exact) mass is 298 g/mol. The second-order valence-corrected chi connectivity index (χ2v) is 4.50. The van der Waals surface area contributed by atoms with E-state index in [1.807, 2.05) is 6.07 Å². The van der Waals surface area contributed by atoms with Crippen LogP contribution in [-0.4, -0.2) is 0 Å². The molecule has 0 aliphatic heterocycles. The Morgan fingerprint density at radius 2 is 2.18 bits per heavy atom. The summed E-state index contributed by atoms with van der Waals surface area (Å²) in [6.07, 6.45) is 2.08. The minimum absolute atomic E-state index is 0.304. The summed E-state index contributed by atoms with van der Waals surface area (Å²) in [4.78, 5) is 0. The van der Waals surface area contributed by atoms with E-state index >= 15 is 0 Å². The predicted octanol–water partition coefficient (Wildman–Crippen LogP) is 2.93. The Hall–Kier alpha value is -1.17. The van der Waals surface area contributed by atoms with Gasteiger partial charge in [-0.3, -0.25) is 11.3 Å². The predicted molar refractivity (Wildman–Crippen MR) is 66.6 cm³/mol. The first-order valence-corrected chi connectivity index (χ1v) is 5.94. The molecule has 3 nitrogen and oxygen atoms in total. The van der Waals surface area contributed by atoms with Gasteiger partial charge in [-0.1, -0.05) is 12.1 Å². The molecule has 0 spiro atoms. The topological polar surface area (TPSA) is 51.2 Å². The highest BCUT2D eigenvalue weighted by molar-refractivity contribution is 9.10. The van der Waals surface area contributed by atoms with Gasteiger partial charge in [0.15, 0.2) is 0 Å². The average Bonchev–Trinajstić information content (AvgIpc) is 2.83. The van der Waals surface area contributed by atoms with Crippen LogP contribution in [0.5, 0.6) is 0 Å². The minimum Gasteiger partial charge on any atom is -0.469 e. The van der Waals surface area contributed by atoms with Gasteiger partial charge in [0, 0.05) is 12.0 Å². The van der Waals surface area contributed by atoms with Gasteiger partial charge in [0.2, 0.25) is 0 Å². The smallest absolute Gasteiger partial charge is 0.142 e. The van der Waals surface area contributed by atoms with Crippen LogP contribution in [0.3, 0.4) is 0 Å². The van der Waals surface area contributed by atoms with Crippen LogP contribution in [0.4, 0.5) is 4.39 Å². The summed E-state index contributed by atoms with van der Waals surface area (Å²) in [5, 5.41) is 0. The third-order valence-corrected chi connectivity index (χ3v) is 3.16. The molecule has 90 valence electrons. The van der Waals surface area contributed by atoms with Gasteiger partial charge in [0.25, 0.3) is 0 Å². The summed E-state index contributed by atoms with van der Waals surface area (Å²) >= 11 is 3.15. The lowest BCUT2D eigenvalue weighted by Crippen LogP contribution is -2.30. The fourth-order valence-corrected chi connectivity index (χ4v) is 2.06. The molecule has 0 saturated heterocycles. The van der Waals surface area contributed by atoms with Crippen LogP contribution < -0.4 is 11.3 Å². The van der Waals surface area contributed by atoms with E-state index in [9.17, 15) is 4.39 Å². The molecule has 1 unspecified atom stereocenters. The number of hydrogen-bond acceptors (Lipinski definition) is 3. The van der Waals surface area contributed by atoms with Crippen molar-refractivity contribution in [3.05, 3.63) is 58.2 Å². The van der Waals surface area contributed by atoms with Crippen molar-refractivity contribution in [2.75, 3.05) is 0 Å². The van der Waals surface area contributed by atoms with E-state index in [0.29, 0.717) is 16.5 Å². The van der Waals surface area contributed by atoms with Crippen molar-refractivity contribution in [3.63, 3.8) is 0 Å². The van der Waals surface area contributed by atoms with Crippen LogP contribution in [0.1, 0.15) is 17.4 Å². The summed E-state index contributed by atoms with van der Waals surface area (Å²) in [6, 6.07) is 8.43. The lowest BCUT2D eigenvalue weighted by molar-refractivity contribution is 0.443. The molecular weight excluding hydrogens is 287 g/mol. The maximum Gasteiger partial charge on any atom is 0.142 e. The first-order valence-electron chi connectivity index (χ1n) is 5.14. The normalized spacial score (nSPS) is 12.6. The fraction of sp³-hybridized carbons (Fsp3) is 0.167. The molecule has 2 aromatic rings. The van der Waals surface area contributed by atoms with Crippen LogP contribution in [-0.2, 0) is 6.42 Å². The third kappa shape index (κ3) is 2.74. The van der Waals surface area contributed by atoms with Gasteiger partial charge in [0.05, 0.1) is 16.8 Å². The number of halogens is 2. The van der Waals surface area contributed by atoms with Gasteiger partial charge in [-0.05, 0) is 34.1 Å². The fourth-order valence-electron chi connectivity index (χ4n) is 1.68. The van der Waals surface area contributed by atoms with Crippen molar-refractivity contribution < 1.29 is 8.81 Å². The number of benzene rings is 1. The lowest BCUT2D eigenvalue weighted by atomic mass is 10.0. The molecule has 2 rings (SSSR count). The molecule has 3 N–H and O–H groups in total. The highest BCUT2D eigenvalue weighted by atomic mass is 79.9. The Morgan fingerprint density at radius 3 is 2.82 bits per heavy atom. The Bertz CT molecular complexity index is 487. The van der Waals surface area contributed by atoms with Crippen LogP contribution in [0, 0.1) is 5.82 Å². The van der Waals surface area contributed by atoms with E-state index in [0.717, 1.165) is 5.76 Å². The number of rotatable bonds is 4. The Labute approximate surface area is 107 Å². The molecule has 0 saturated carbocycles. The SMILES string of the molecule is NNC(Cc1ccco1)c1cccc(Br)c1F. The van der Waals surface area contributed by atoms with Gasteiger partial charge < -0.3 is 4.42 Å². The largest absolute Gasteiger partial charge is 0.469 e. The number of nitrogens with one attached hydrogen (secondary N) is 1. The van der Waals surface area contributed by atoms with Gasteiger partial charge in [-0.25, -0.2) is 4.39 Å². The Morgan fingerprint density at radius 1 is 1.35 bits per heavy atom. The van der Waals surface area contributed by atoms with E-state index in [1.54, 1.807) is 30.5 Å². The second-order valence-electron chi connectivity index (χ2n) is 3.65. The summed E-state index contributed by atoms with van der Waals surface area (Å²) in [5.41, 5.74) is 3.12. The van der Waals surface area contributed by atoms with Crippen molar-refractivity contribution in [3.8, 4) is 0 Å². The number of furan rings is 1. The first kappa shape index (κ1) is 12.3. The molecular formula is C12H12BrFN2O. The number of hydrazine groups is 1. The highest BCUT2D eigenvalue weighted by Crippen LogP contribution is 2.25. The van der Waals surface area contributed by atoms with Crippen LogP contribution in [0.25, 0.3) is 0 Å². The standard InChI is InChI=1S/C12H12BrFN2O/c13-10-5-1-4-9(12(10)14)11(16-15)7-8-3-2-6-17-8/h1-6,11,16H,7,15H2. The molecule has 1 aromatic carbocycles. The third-order valence-electron chi connectivity index (χ3n) is 2.54. The van der Waals surface area contributed by atoms with Crippen molar-refractivity contribution in [2.24, 2.45) is 5.84 Å². The molecule has 17 heavy (non-hydrogen) atoms. The van der Waals surface area contributed by atoms with E-state index in [1.165, 1.54) is 0 Å². The molecule has 0 aliphatic carbocycles. The maximum atomic E-state index is 13.9. The summed E-state index contributed by atoms with van der Waals surface area (Å²) in [5.74, 6) is 5.92. The molecule has 5 heteroatoms. The van der Waals surface area contributed by atoms with Gasteiger partial charge >= 0.3 is 0 Å². The molecule has 0 fully saturated rings. The molecule has 1 aromatic heterocycles. The van der Waals surface area contributed by atoms with Crippen molar-refractivity contribution in [1.82, 2.24) is 5.43 Å². The van der Waals surface area contributed by atoms with Crippen LogP contribution in [0.15, 0.2) is 45.5 Å². The molecule has 1 heterocycles. The average molecular weight is 299 g/mol. The minimum atomic E-state index is -0.321. The van der Waals surface area contributed by atoms with Crippen molar-refractivity contribution in [1.29, 1.82) is 0 Å². The van der Waals surface area contributed by atoms with E-state index in [4.69, 9.17) is 10.3 Å². The Kier molecular flexibility index (Phi) is 3.93. The van der Waals surface area contributed by atoms with E-state index in [-0.39, 0.29) is 11.9 Å². The van der Waals surface area contributed by atoms with Crippen molar-refractivity contribution in [2.45, 2.75) is 12.5 Å². The zero-order valence-corrected chi connectivity index (χ0v) is 10.6. The van der Waals surface area contributed by atoms with Crippen LogP contribution >= 0.6 is 15.9 Å². The molecule has 0 amide bonds. The summed E-state index contributed by atoms with van der Waals surface area (Å²) in [7, 11) is 0.